The van der Waals surface area contributed by atoms with Gasteiger partial charge in [-0.2, -0.15) is 0 Å². The number of aliphatic hydroxyl groups excluding tert-OH is 1. The van der Waals surface area contributed by atoms with Crippen LogP contribution in [0.1, 0.15) is 29.6 Å². The summed E-state index contributed by atoms with van der Waals surface area (Å²) < 4.78 is 12.3. The first kappa shape index (κ1) is 12.7. The maximum atomic E-state index is 11.4. The minimum atomic E-state index is -0.516. The molecule has 1 saturated heterocycles. The standard InChI is InChI=1S/C9H12IN3O4/c1-16-9(15)7-8(10)13(12-11-7)6-3-2-5(4-14)17-6/h5-6,14H,2-4H2,1H3/t5-,6+/m0/s1. The van der Waals surface area contributed by atoms with E-state index in [1.807, 2.05) is 22.6 Å². The summed E-state index contributed by atoms with van der Waals surface area (Å²) in [4.78, 5) is 11.4. The van der Waals surface area contributed by atoms with E-state index in [9.17, 15) is 4.79 Å². The zero-order chi connectivity index (χ0) is 12.4. The molecule has 1 aliphatic rings. The Morgan fingerprint density at radius 3 is 3.06 bits per heavy atom. The van der Waals surface area contributed by atoms with Gasteiger partial charge in [-0.05, 0) is 35.4 Å². The van der Waals surface area contributed by atoms with Crippen LogP contribution in [0.5, 0.6) is 0 Å². The molecule has 17 heavy (non-hydrogen) atoms. The van der Waals surface area contributed by atoms with E-state index < -0.39 is 5.97 Å². The zero-order valence-electron chi connectivity index (χ0n) is 9.17. The predicted octanol–water partition coefficient (Wildman–Crippen LogP) is 0.339. The van der Waals surface area contributed by atoms with Crippen molar-refractivity contribution in [2.24, 2.45) is 0 Å². The van der Waals surface area contributed by atoms with Crippen molar-refractivity contribution < 1.29 is 19.4 Å². The van der Waals surface area contributed by atoms with Gasteiger partial charge in [0, 0.05) is 0 Å². The Hall–Kier alpha value is -0.740. The molecule has 8 heteroatoms. The second-order valence-electron chi connectivity index (χ2n) is 3.64. The number of halogens is 1. The lowest BCUT2D eigenvalue weighted by atomic mass is 10.2. The smallest absolute Gasteiger partial charge is 0.361 e. The van der Waals surface area contributed by atoms with Crippen LogP contribution in [0.3, 0.4) is 0 Å². The molecule has 1 aromatic heterocycles. The van der Waals surface area contributed by atoms with Crippen molar-refractivity contribution in [1.82, 2.24) is 15.0 Å². The lowest BCUT2D eigenvalue weighted by Gasteiger charge is -2.12. The molecule has 7 nitrogen and oxygen atoms in total. The maximum absolute atomic E-state index is 11.4. The first-order chi connectivity index (χ1) is 8.17. The van der Waals surface area contributed by atoms with Crippen molar-refractivity contribution in [3.8, 4) is 0 Å². The SMILES string of the molecule is COC(=O)c1nnn([C@H]2CC[C@@H](CO)O2)c1I. The third kappa shape index (κ3) is 2.43. The Bertz CT molecular complexity index is 422. The molecule has 0 radical (unpaired) electrons. The maximum Gasteiger partial charge on any atom is 0.361 e. The number of esters is 1. The number of aliphatic hydroxyl groups is 1. The highest BCUT2D eigenvalue weighted by Gasteiger charge is 2.30. The van der Waals surface area contributed by atoms with E-state index in [0.717, 1.165) is 12.8 Å². The van der Waals surface area contributed by atoms with E-state index in [1.54, 1.807) is 4.68 Å². The van der Waals surface area contributed by atoms with Crippen molar-refractivity contribution in [3.05, 3.63) is 9.39 Å². The summed E-state index contributed by atoms with van der Waals surface area (Å²) in [6.45, 7) is -0.00830. The average molecular weight is 353 g/mol. The molecular formula is C9H12IN3O4. The molecular weight excluding hydrogens is 341 g/mol. The number of carbonyl (C=O) groups is 1. The summed E-state index contributed by atoms with van der Waals surface area (Å²) in [7, 11) is 1.30. The number of hydrogen-bond donors (Lipinski definition) is 1. The molecule has 0 aromatic carbocycles. The molecule has 1 N–H and O–H groups in total. The second kappa shape index (κ2) is 5.27. The number of carbonyl (C=O) groups excluding carboxylic acids is 1. The molecule has 2 atom stereocenters. The largest absolute Gasteiger partial charge is 0.464 e. The highest BCUT2D eigenvalue weighted by Crippen LogP contribution is 2.29. The summed E-state index contributed by atoms with van der Waals surface area (Å²) in [6, 6.07) is 0. The third-order valence-corrected chi connectivity index (χ3v) is 3.58. The van der Waals surface area contributed by atoms with E-state index in [2.05, 4.69) is 15.0 Å². The number of hydrogen-bond acceptors (Lipinski definition) is 6. The predicted molar refractivity (Wildman–Crippen MR) is 64.3 cm³/mol. The molecule has 2 rings (SSSR count). The minimum absolute atomic E-state index is 0.00830. The fourth-order valence-electron chi connectivity index (χ4n) is 1.69. The van der Waals surface area contributed by atoms with E-state index in [0.29, 0.717) is 3.70 Å². The summed E-state index contributed by atoms with van der Waals surface area (Å²) >= 11 is 1.98. The molecule has 0 saturated carbocycles. The molecule has 0 spiro atoms. The summed E-state index contributed by atoms with van der Waals surface area (Å²) in [6.07, 6.45) is 1.07. The Balaban J connectivity index is 2.18. The van der Waals surface area contributed by atoms with Crippen molar-refractivity contribution in [1.29, 1.82) is 0 Å². The third-order valence-electron chi connectivity index (χ3n) is 2.58. The first-order valence-electron chi connectivity index (χ1n) is 5.12. The molecule has 0 bridgehead atoms. The van der Waals surface area contributed by atoms with Gasteiger partial charge >= 0.3 is 5.97 Å². The van der Waals surface area contributed by atoms with Gasteiger partial charge in [-0.1, -0.05) is 5.21 Å². The van der Waals surface area contributed by atoms with Gasteiger partial charge in [0.1, 0.15) is 3.70 Å². The van der Waals surface area contributed by atoms with Crippen LogP contribution in [-0.4, -0.2) is 45.9 Å². The van der Waals surface area contributed by atoms with Crippen molar-refractivity contribution in [2.45, 2.75) is 25.2 Å². The Morgan fingerprint density at radius 1 is 1.71 bits per heavy atom. The van der Waals surface area contributed by atoms with Crippen LogP contribution >= 0.6 is 22.6 Å². The van der Waals surface area contributed by atoms with Crippen LogP contribution in [0.15, 0.2) is 0 Å². The number of nitrogens with zero attached hydrogens (tertiary/aromatic N) is 3. The van der Waals surface area contributed by atoms with E-state index in [4.69, 9.17) is 9.84 Å². The van der Waals surface area contributed by atoms with Crippen LogP contribution in [0.25, 0.3) is 0 Å². The van der Waals surface area contributed by atoms with E-state index in [1.165, 1.54) is 7.11 Å². The van der Waals surface area contributed by atoms with Crippen LogP contribution < -0.4 is 0 Å². The molecule has 0 aliphatic carbocycles. The lowest BCUT2D eigenvalue weighted by molar-refractivity contribution is -0.0302. The van der Waals surface area contributed by atoms with Gasteiger partial charge in [0.15, 0.2) is 6.23 Å². The minimum Gasteiger partial charge on any atom is -0.464 e. The quantitative estimate of drug-likeness (QED) is 0.623. The van der Waals surface area contributed by atoms with Gasteiger partial charge < -0.3 is 14.6 Å². The van der Waals surface area contributed by atoms with E-state index >= 15 is 0 Å². The van der Waals surface area contributed by atoms with Crippen LogP contribution in [0, 0.1) is 3.70 Å². The lowest BCUT2D eigenvalue weighted by Crippen LogP contribution is -2.16. The zero-order valence-corrected chi connectivity index (χ0v) is 11.3. The molecule has 0 amide bonds. The monoisotopic (exact) mass is 353 g/mol. The molecule has 1 aliphatic heterocycles. The van der Waals surface area contributed by atoms with Gasteiger partial charge in [-0.15, -0.1) is 5.10 Å². The summed E-state index contributed by atoms with van der Waals surface area (Å²) in [5.41, 5.74) is 0.184. The van der Waals surface area contributed by atoms with Crippen LogP contribution in [-0.2, 0) is 9.47 Å². The molecule has 0 unspecified atom stereocenters. The fraction of sp³-hybridized carbons (Fsp3) is 0.667. The Morgan fingerprint density at radius 2 is 2.47 bits per heavy atom. The fourth-order valence-corrected chi connectivity index (χ4v) is 2.42. The van der Waals surface area contributed by atoms with Crippen LogP contribution in [0.2, 0.25) is 0 Å². The van der Waals surface area contributed by atoms with Gasteiger partial charge in [0.25, 0.3) is 0 Å². The van der Waals surface area contributed by atoms with E-state index in [-0.39, 0.29) is 24.6 Å². The Kier molecular flexibility index (Phi) is 3.94. The van der Waals surface area contributed by atoms with Crippen molar-refractivity contribution in [3.63, 3.8) is 0 Å². The number of aromatic nitrogens is 3. The Labute approximate surface area is 111 Å². The molecule has 94 valence electrons. The van der Waals surface area contributed by atoms with Crippen molar-refractivity contribution >= 4 is 28.6 Å². The second-order valence-corrected chi connectivity index (χ2v) is 4.66. The van der Waals surface area contributed by atoms with Gasteiger partial charge in [0.05, 0.1) is 19.8 Å². The molecule has 1 aromatic rings. The van der Waals surface area contributed by atoms with Crippen LogP contribution in [0.4, 0.5) is 0 Å². The average Bonchev–Trinajstić information content (AvgIpc) is 2.94. The molecule has 2 heterocycles. The van der Waals surface area contributed by atoms with Crippen molar-refractivity contribution in [2.75, 3.05) is 13.7 Å². The van der Waals surface area contributed by atoms with Gasteiger partial charge in [0.2, 0.25) is 5.69 Å². The van der Waals surface area contributed by atoms with Gasteiger partial charge in [-0.3, -0.25) is 0 Å². The van der Waals surface area contributed by atoms with Gasteiger partial charge in [-0.25, -0.2) is 9.48 Å². The summed E-state index contributed by atoms with van der Waals surface area (Å²) in [5, 5.41) is 16.6. The number of ether oxygens (including phenoxy) is 2. The topological polar surface area (TPSA) is 86.5 Å². The number of methoxy groups -OCH3 is 1. The number of rotatable bonds is 3. The highest BCUT2D eigenvalue weighted by molar-refractivity contribution is 14.1. The first-order valence-corrected chi connectivity index (χ1v) is 6.20. The molecule has 1 fully saturated rings. The summed E-state index contributed by atoms with van der Waals surface area (Å²) in [5.74, 6) is -0.516. The highest BCUT2D eigenvalue weighted by atomic mass is 127. The normalized spacial score (nSPS) is 23.9.